The van der Waals surface area contributed by atoms with Gasteiger partial charge in [0.25, 0.3) is 5.91 Å². The van der Waals surface area contributed by atoms with Gasteiger partial charge in [0.2, 0.25) is 0 Å². The Hall–Kier alpha value is -2.82. The number of carbonyl (C=O) groups excluding carboxylic acids is 1. The van der Waals surface area contributed by atoms with Crippen LogP contribution in [0.4, 0.5) is 0 Å². The summed E-state index contributed by atoms with van der Waals surface area (Å²) in [4.78, 5) is 27.7. The Bertz CT molecular complexity index is 860. The quantitative estimate of drug-likeness (QED) is 0.728. The third kappa shape index (κ3) is 2.73. The molecule has 1 amide bonds. The first-order valence-electron chi connectivity index (χ1n) is 8.22. The summed E-state index contributed by atoms with van der Waals surface area (Å²) in [6, 6.07) is 11.5. The number of pyridine rings is 1. The molecule has 1 aromatic carbocycles. The Kier molecular flexibility index (Phi) is 3.91. The van der Waals surface area contributed by atoms with Crippen LogP contribution in [0.5, 0.6) is 0 Å². The third-order valence-corrected chi connectivity index (χ3v) is 4.61. The maximum absolute atomic E-state index is 13.1. The van der Waals surface area contributed by atoms with E-state index in [2.05, 4.69) is 15.0 Å². The number of hydrogen-bond acceptors (Lipinski definition) is 4. The fourth-order valence-electron chi connectivity index (χ4n) is 3.41. The number of likely N-dealkylation sites (tertiary alicyclic amines) is 1. The van der Waals surface area contributed by atoms with Crippen LogP contribution in [0.2, 0.25) is 0 Å². The van der Waals surface area contributed by atoms with Crippen LogP contribution < -0.4 is 0 Å². The van der Waals surface area contributed by atoms with E-state index in [1.807, 2.05) is 41.3 Å². The standard InChI is InChI=1S/C19H18N4O/c24-19(16-5-1-7-18-15(16)6-2-9-21-18)23-11-3-4-14(12-23)17-8-10-20-13-22-17/h1-2,5-10,13-14H,3-4,11-12H2/t14-/m1/s1. The molecule has 2 aromatic heterocycles. The lowest BCUT2D eigenvalue weighted by Gasteiger charge is -2.32. The molecule has 1 saturated heterocycles. The second kappa shape index (κ2) is 6.35. The minimum Gasteiger partial charge on any atom is -0.338 e. The molecular formula is C19H18N4O. The zero-order chi connectivity index (χ0) is 16.4. The number of carbonyl (C=O) groups is 1. The summed E-state index contributed by atoms with van der Waals surface area (Å²) >= 11 is 0. The second-order valence-electron chi connectivity index (χ2n) is 6.10. The van der Waals surface area contributed by atoms with Gasteiger partial charge in [-0.2, -0.15) is 0 Å². The van der Waals surface area contributed by atoms with Gasteiger partial charge in [0.1, 0.15) is 6.33 Å². The molecule has 0 spiro atoms. The molecular weight excluding hydrogens is 300 g/mol. The Morgan fingerprint density at radius 2 is 2.04 bits per heavy atom. The fraction of sp³-hybridized carbons (Fsp3) is 0.263. The molecule has 120 valence electrons. The molecule has 3 heterocycles. The first kappa shape index (κ1) is 14.8. The van der Waals surface area contributed by atoms with E-state index in [-0.39, 0.29) is 11.8 Å². The molecule has 0 unspecified atom stereocenters. The monoisotopic (exact) mass is 318 g/mol. The summed E-state index contributed by atoms with van der Waals surface area (Å²) in [5, 5.41) is 0.911. The smallest absolute Gasteiger partial charge is 0.254 e. The molecule has 4 rings (SSSR count). The van der Waals surface area contributed by atoms with E-state index >= 15 is 0 Å². The number of aromatic nitrogens is 3. The van der Waals surface area contributed by atoms with Crippen molar-refractivity contribution in [2.75, 3.05) is 13.1 Å². The molecule has 1 fully saturated rings. The number of hydrogen-bond donors (Lipinski definition) is 0. The summed E-state index contributed by atoms with van der Waals surface area (Å²) in [6.45, 7) is 1.49. The SMILES string of the molecule is O=C(c1cccc2ncccc12)N1CCC[C@@H](c2ccncn2)C1. The molecule has 0 saturated carbocycles. The van der Waals surface area contributed by atoms with E-state index < -0.39 is 0 Å². The summed E-state index contributed by atoms with van der Waals surface area (Å²) in [5.41, 5.74) is 2.60. The highest BCUT2D eigenvalue weighted by atomic mass is 16.2. The highest BCUT2D eigenvalue weighted by Gasteiger charge is 2.27. The minimum atomic E-state index is 0.0763. The normalized spacial score (nSPS) is 17.8. The summed E-state index contributed by atoms with van der Waals surface area (Å²) in [5.74, 6) is 0.353. The van der Waals surface area contributed by atoms with Crippen molar-refractivity contribution in [3.05, 3.63) is 66.4 Å². The molecule has 3 aromatic rings. The van der Waals surface area contributed by atoms with Crippen LogP contribution in [0.3, 0.4) is 0 Å². The van der Waals surface area contributed by atoms with E-state index in [1.165, 1.54) is 0 Å². The first-order chi connectivity index (χ1) is 11.8. The van der Waals surface area contributed by atoms with Crippen molar-refractivity contribution in [1.29, 1.82) is 0 Å². The van der Waals surface area contributed by atoms with Gasteiger partial charge in [-0.3, -0.25) is 9.78 Å². The first-order valence-corrected chi connectivity index (χ1v) is 8.22. The van der Waals surface area contributed by atoms with E-state index in [0.29, 0.717) is 6.54 Å². The topological polar surface area (TPSA) is 59.0 Å². The van der Waals surface area contributed by atoms with Crippen molar-refractivity contribution in [1.82, 2.24) is 19.9 Å². The van der Waals surface area contributed by atoms with Gasteiger partial charge in [-0.25, -0.2) is 9.97 Å². The van der Waals surface area contributed by atoms with E-state index in [4.69, 9.17) is 0 Å². The van der Waals surface area contributed by atoms with Gasteiger partial charge in [-0.1, -0.05) is 12.1 Å². The van der Waals surface area contributed by atoms with Crippen LogP contribution in [0, 0.1) is 0 Å². The molecule has 5 heteroatoms. The van der Waals surface area contributed by atoms with Crippen molar-refractivity contribution < 1.29 is 4.79 Å². The third-order valence-electron chi connectivity index (χ3n) is 4.61. The van der Waals surface area contributed by atoms with Gasteiger partial charge in [-0.15, -0.1) is 0 Å². The molecule has 24 heavy (non-hydrogen) atoms. The van der Waals surface area contributed by atoms with Gasteiger partial charge in [0, 0.05) is 48.0 Å². The van der Waals surface area contributed by atoms with Gasteiger partial charge in [0.15, 0.2) is 0 Å². The van der Waals surface area contributed by atoms with Gasteiger partial charge >= 0.3 is 0 Å². The van der Waals surface area contributed by atoms with Crippen LogP contribution in [-0.2, 0) is 0 Å². The lowest BCUT2D eigenvalue weighted by atomic mass is 9.94. The molecule has 5 nitrogen and oxygen atoms in total. The fourth-order valence-corrected chi connectivity index (χ4v) is 3.41. The van der Waals surface area contributed by atoms with Crippen molar-refractivity contribution in [3.8, 4) is 0 Å². The number of rotatable bonds is 2. The van der Waals surface area contributed by atoms with Gasteiger partial charge in [-0.05, 0) is 37.1 Å². The summed E-state index contributed by atoms with van der Waals surface area (Å²) < 4.78 is 0. The molecule has 0 bridgehead atoms. The molecule has 0 N–H and O–H groups in total. The molecule has 1 aliphatic rings. The number of piperidine rings is 1. The Morgan fingerprint density at radius 1 is 1.08 bits per heavy atom. The van der Waals surface area contributed by atoms with Crippen molar-refractivity contribution >= 4 is 16.8 Å². The molecule has 1 aliphatic heterocycles. The highest BCUT2D eigenvalue weighted by molar-refractivity contribution is 6.06. The zero-order valence-electron chi connectivity index (χ0n) is 13.3. The predicted molar refractivity (Wildman–Crippen MR) is 91.7 cm³/mol. The predicted octanol–water partition coefficient (Wildman–Crippen LogP) is 3.04. The molecule has 1 atom stereocenters. The Labute approximate surface area is 140 Å². The largest absolute Gasteiger partial charge is 0.338 e. The van der Waals surface area contributed by atoms with Crippen LogP contribution in [0.15, 0.2) is 55.1 Å². The maximum Gasteiger partial charge on any atom is 0.254 e. The number of benzene rings is 1. The highest BCUT2D eigenvalue weighted by Crippen LogP contribution is 2.27. The summed E-state index contributed by atoms with van der Waals surface area (Å²) in [7, 11) is 0. The van der Waals surface area contributed by atoms with E-state index in [9.17, 15) is 4.79 Å². The average Bonchev–Trinajstić information content (AvgIpc) is 2.68. The number of amides is 1. The molecule has 0 radical (unpaired) electrons. The number of fused-ring (bicyclic) bond motifs is 1. The maximum atomic E-state index is 13.1. The van der Waals surface area contributed by atoms with Crippen LogP contribution in [-0.4, -0.2) is 38.8 Å². The minimum absolute atomic E-state index is 0.0763. The summed E-state index contributed by atoms with van der Waals surface area (Å²) in [6.07, 6.45) is 7.13. The van der Waals surface area contributed by atoms with E-state index in [1.54, 1.807) is 18.7 Å². The lowest BCUT2D eigenvalue weighted by Crippen LogP contribution is -2.39. The van der Waals surface area contributed by atoms with Gasteiger partial charge < -0.3 is 4.90 Å². The van der Waals surface area contributed by atoms with E-state index in [0.717, 1.165) is 41.5 Å². The van der Waals surface area contributed by atoms with Crippen molar-refractivity contribution in [2.45, 2.75) is 18.8 Å². The van der Waals surface area contributed by atoms with Gasteiger partial charge in [0.05, 0.1) is 5.52 Å². The Morgan fingerprint density at radius 3 is 2.92 bits per heavy atom. The van der Waals surface area contributed by atoms with Crippen LogP contribution in [0.1, 0.15) is 34.8 Å². The zero-order valence-corrected chi connectivity index (χ0v) is 13.3. The van der Waals surface area contributed by atoms with Crippen LogP contribution in [0.25, 0.3) is 10.9 Å². The van der Waals surface area contributed by atoms with Crippen molar-refractivity contribution in [3.63, 3.8) is 0 Å². The second-order valence-corrected chi connectivity index (χ2v) is 6.10. The van der Waals surface area contributed by atoms with Crippen LogP contribution >= 0.6 is 0 Å². The Balaban J connectivity index is 1.62. The van der Waals surface area contributed by atoms with Crippen molar-refractivity contribution in [2.24, 2.45) is 0 Å². The molecule has 0 aliphatic carbocycles. The lowest BCUT2D eigenvalue weighted by molar-refractivity contribution is 0.0708. The number of nitrogens with zero attached hydrogens (tertiary/aromatic N) is 4. The average molecular weight is 318 g/mol.